The van der Waals surface area contributed by atoms with Crippen LogP contribution in [-0.2, 0) is 25.3 Å². The summed E-state index contributed by atoms with van der Waals surface area (Å²) in [6.45, 7) is 14.1. The zero-order chi connectivity index (χ0) is 21.0. The van der Waals surface area contributed by atoms with Crippen molar-refractivity contribution in [2.75, 3.05) is 13.7 Å². The minimum absolute atomic E-state index is 0.000702. The van der Waals surface area contributed by atoms with E-state index in [1.54, 1.807) is 7.11 Å². The summed E-state index contributed by atoms with van der Waals surface area (Å²) >= 11 is 0. The molecule has 0 bridgehead atoms. The molecule has 1 fully saturated rings. The van der Waals surface area contributed by atoms with Gasteiger partial charge in [0.1, 0.15) is 11.4 Å². The number of ether oxygens (including phenoxy) is 3. The molecule has 1 saturated heterocycles. The van der Waals surface area contributed by atoms with Gasteiger partial charge in [-0.1, -0.05) is 32.9 Å². The van der Waals surface area contributed by atoms with E-state index in [4.69, 9.17) is 18.6 Å². The second kappa shape index (κ2) is 9.07. The third kappa shape index (κ3) is 6.14. The van der Waals surface area contributed by atoms with Crippen LogP contribution in [-0.4, -0.2) is 46.1 Å². The predicted octanol–water partition coefficient (Wildman–Crippen LogP) is 4.74. The van der Waals surface area contributed by atoms with Gasteiger partial charge >= 0.3 is 0 Å². The van der Waals surface area contributed by atoms with E-state index < -0.39 is 13.9 Å². The van der Waals surface area contributed by atoms with Crippen molar-refractivity contribution in [1.29, 1.82) is 0 Å². The molecule has 0 spiro atoms. The molecular formula is C22H36O5Si. The molecule has 1 heterocycles. The molecular weight excluding hydrogens is 372 g/mol. The van der Waals surface area contributed by atoms with E-state index in [-0.39, 0.29) is 17.2 Å². The first-order valence-electron chi connectivity index (χ1n) is 10.0. The van der Waals surface area contributed by atoms with Crippen molar-refractivity contribution in [2.24, 2.45) is 0 Å². The van der Waals surface area contributed by atoms with Gasteiger partial charge in [0.25, 0.3) is 0 Å². The van der Waals surface area contributed by atoms with Gasteiger partial charge in [0.05, 0.1) is 32.5 Å². The summed E-state index contributed by atoms with van der Waals surface area (Å²) in [5.41, 5.74) is 0.497. The Bertz CT molecular complexity index is 637. The number of epoxide rings is 1. The highest BCUT2D eigenvalue weighted by Gasteiger charge is 2.52. The van der Waals surface area contributed by atoms with Crippen molar-refractivity contribution in [1.82, 2.24) is 0 Å². The summed E-state index contributed by atoms with van der Waals surface area (Å²) in [6, 6.07) is 7.90. The number of aldehydes is 1. The maximum absolute atomic E-state index is 11.1. The third-order valence-corrected chi connectivity index (χ3v) is 10.5. The number of hydrogen-bond acceptors (Lipinski definition) is 5. The molecule has 1 aliphatic rings. The van der Waals surface area contributed by atoms with Crippen molar-refractivity contribution in [3.05, 3.63) is 29.8 Å². The Morgan fingerprint density at radius 2 is 1.89 bits per heavy atom. The molecule has 5 nitrogen and oxygen atoms in total. The molecule has 0 aliphatic carbocycles. The number of methoxy groups -OCH3 is 1. The average molecular weight is 409 g/mol. The molecule has 0 N–H and O–H groups in total. The van der Waals surface area contributed by atoms with Gasteiger partial charge in [-0.25, -0.2) is 0 Å². The third-order valence-electron chi connectivity index (χ3n) is 5.96. The maximum Gasteiger partial charge on any atom is 0.192 e. The topological polar surface area (TPSA) is 57.3 Å². The Labute approximate surface area is 170 Å². The smallest absolute Gasteiger partial charge is 0.192 e. The van der Waals surface area contributed by atoms with Crippen molar-refractivity contribution in [3.8, 4) is 5.75 Å². The number of carbonyl (C=O) groups excluding carboxylic acids is 1. The Hall–Kier alpha value is -1.21. The quantitative estimate of drug-likeness (QED) is 0.301. The average Bonchev–Trinajstić information content (AvgIpc) is 3.30. The number of carbonyl (C=O) groups is 1. The minimum Gasteiger partial charge on any atom is -0.497 e. The Kier molecular flexibility index (Phi) is 7.48. The van der Waals surface area contributed by atoms with Gasteiger partial charge in [-0.15, -0.1) is 0 Å². The van der Waals surface area contributed by atoms with Crippen LogP contribution in [0, 0.1) is 0 Å². The molecule has 1 aromatic rings. The van der Waals surface area contributed by atoms with Crippen LogP contribution < -0.4 is 4.74 Å². The zero-order valence-electron chi connectivity index (χ0n) is 18.4. The highest BCUT2D eigenvalue weighted by Crippen LogP contribution is 2.40. The number of benzene rings is 1. The van der Waals surface area contributed by atoms with E-state index in [2.05, 4.69) is 33.9 Å². The lowest BCUT2D eigenvalue weighted by molar-refractivity contribution is -0.111. The van der Waals surface area contributed by atoms with Crippen LogP contribution >= 0.6 is 0 Å². The molecule has 2 rings (SSSR count). The molecule has 1 aliphatic heterocycles. The lowest BCUT2D eigenvalue weighted by Gasteiger charge is -2.39. The first kappa shape index (κ1) is 23.1. The van der Waals surface area contributed by atoms with E-state index in [1.807, 2.05) is 31.2 Å². The molecule has 3 atom stereocenters. The van der Waals surface area contributed by atoms with Crippen LogP contribution in [0.4, 0.5) is 0 Å². The van der Waals surface area contributed by atoms with Gasteiger partial charge in [0.2, 0.25) is 0 Å². The predicted molar refractivity (Wildman–Crippen MR) is 113 cm³/mol. The monoisotopic (exact) mass is 408 g/mol. The highest BCUT2D eigenvalue weighted by molar-refractivity contribution is 6.74. The van der Waals surface area contributed by atoms with Gasteiger partial charge in [0, 0.05) is 0 Å². The number of hydrogen-bond donors (Lipinski definition) is 0. The van der Waals surface area contributed by atoms with Crippen LogP contribution in [0.1, 0.15) is 46.1 Å². The highest BCUT2D eigenvalue weighted by atomic mass is 28.4. The molecule has 0 saturated carbocycles. The molecule has 0 aromatic heterocycles. The fourth-order valence-corrected chi connectivity index (χ4v) is 4.23. The molecule has 1 aromatic carbocycles. The van der Waals surface area contributed by atoms with E-state index in [0.717, 1.165) is 30.4 Å². The van der Waals surface area contributed by atoms with Gasteiger partial charge in [-0.2, -0.15) is 0 Å². The minimum atomic E-state index is -1.91. The lowest BCUT2D eigenvalue weighted by Crippen LogP contribution is -2.45. The van der Waals surface area contributed by atoms with Crippen LogP contribution in [0.15, 0.2) is 24.3 Å². The molecule has 6 heteroatoms. The number of rotatable bonds is 11. The SMILES string of the molecule is COc1ccc(COC[C@H](CC[C@H]2O[C@]2(C)C=O)O[Si](C)(C)C(C)(C)C)cc1. The summed E-state index contributed by atoms with van der Waals surface area (Å²) in [6.07, 6.45) is 2.53. The maximum atomic E-state index is 11.1. The second-order valence-corrected chi connectivity index (χ2v) is 14.1. The first-order chi connectivity index (χ1) is 13.0. The van der Waals surface area contributed by atoms with E-state index >= 15 is 0 Å². The van der Waals surface area contributed by atoms with Crippen molar-refractivity contribution in [3.63, 3.8) is 0 Å². The van der Waals surface area contributed by atoms with Gasteiger partial charge in [0.15, 0.2) is 14.6 Å². The van der Waals surface area contributed by atoms with E-state index in [9.17, 15) is 4.79 Å². The Morgan fingerprint density at radius 3 is 2.39 bits per heavy atom. The lowest BCUT2D eigenvalue weighted by atomic mass is 10.0. The summed E-state index contributed by atoms with van der Waals surface area (Å²) in [5, 5.41) is 0.134. The zero-order valence-corrected chi connectivity index (χ0v) is 19.4. The molecule has 28 heavy (non-hydrogen) atoms. The van der Waals surface area contributed by atoms with E-state index in [1.165, 1.54) is 0 Å². The van der Waals surface area contributed by atoms with Crippen molar-refractivity contribution >= 4 is 14.6 Å². The van der Waals surface area contributed by atoms with Crippen LogP contribution in [0.5, 0.6) is 5.75 Å². The normalized spacial score (nSPS) is 23.3. The largest absolute Gasteiger partial charge is 0.497 e. The van der Waals surface area contributed by atoms with Gasteiger partial charge in [-0.05, 0) is 55.6 Å². The standard InChI is InChI=1S/C22H36O5Si/c1-21(2,3)28(6,7)27-19(12-13-20-22(4,16-23)26-20)15-25-14-17-8-10-18(24-5)11-9-17/h8-11,16,19-20H,12-15H2,1-7H3/t19-,20+,22+/m0/s1. The van der Waals surface area contributed by atoms with Crippen molar-refractivity contribution in [2.45, 2.75) is 83.1 Å². The van der Waals surface area contributed by atoms with Gasteiger partial charge < -0.3 is 23.4 Å². The fraction of sp³-hybridized carbons (Fsp3) is 0.682. The molecule has 158 valence electrons. The Balaban J connectivity index is 1.91. The summed E-state index contributed by atoms with van der Waals surface area (Å²) in [5.74, 6) is 0.838. The molecule has 0 radical (unpaired) electrons. The van der Waals surface area contributed by atoms with Gasteiger partial charge in [-0.3, -0.25) is 0 Å². The molecule has 0 unspecified atom stereocenters. The molecule has 0 amide bonds. The summed E-state index contributed by atoms with van der Waals surface area (Å²) < 4.78 is 23.3. The summed E-state index contributed by atoms with van der Waals surface area (Å²) in [4.78, 5) is 11.1. The fourth-order valence-electron chi connectivity index (χ4n) is 2.86. The first-order valence-corrected chi connectivity index (χ1v) is 12.9. The van der Waals surface area contributed by atoms with Crippen LogP contribution in [0.3, 0.4) is 0 Å². The van der Waals surface area contributed by atoms with Crippen molar-refractivity contribution < 1.29 is 23.4 Å². The van der Waals surface area contributed by atoms with Crippen LogP contribution in [0.2, 0.25) is 18.1 Å². The Morgan fingerprint density at radius 1 is 1.25 bits per heavy atom. The second-order valence-electron chi connectivity index (χ2n) is 9.35. The summed E-state index contributed by atoms with van der Waals surface area (Å²) in [7, 11) is -0.252. The van der Waals surface area contributed by atoms with Crippen LogP contribution in [0.25, 0.3) is 0 Å². The van der Waals surface area contributed by atoms with E-state index in [0.29, 0.717) is 13.2 Å².